The Kier molecular flexibility index (Phi) is 3.65. The van der Waals surface area contributed by atoms with Crippen LogP contribution in [0, 0.1) is 11.6 Å². The number of carbonyl (C=O) groups excluding carboxylic acids is 1. The Hall–Kier alpha value is -3.02. The van der Waals surface area contributed by atoms with Gasteiger partial charge in [0, 0.05) is 11.6 Å². The quantitative estimate of drug-likeness (QED) is 0.798. The first-order valence-electron chi connectivity index (χ1n) is 6.42. The predicted octanol–water partition coefficient (Wildman–Crippen LogP) is 3.87. The Balaban J connectivity index is 1.82. The number of rotatable bonds is 3. The Labute approximate surface area is 124 Å². The smallest absolute Gasteiger partial charge is 0.262 e. The lowest BCUT2D eigenvalue weighted by molar-refractivity contribution is 0.101. The van der Waals surface area contributed by atoms with Crippen molar-refractivity contribution >= 4 is 11.7 Å². The summed E-state index contributed by atoms with van der Waals surface area (Å²) in [6.07, 6.45) is 0. The lowest BCUT2D eigenvalue weighted by Gasteiger charge is -2.03. The number of halogens is 2. The van der Waals surface area contributed by atoms with Crippen molar-refractivity contribution in [2.45, 2.75) is 0 Å². The molecule has 0 atom stereocenters. The maximum atomic E-state index is 13.5. The monoisotopic (exact) mass is 300 g/mol. The SMILES string of the molecule is O=C(Nc1cc(-c2ccccc2)on1)c1c(F)cccc1F. The zero-order valence-electron chi connectivity index (χ0n) is 11.2. The summed E-state index contributed by atoms with van der Waals surface area (Å²) in [5.74, 6) is -2.30. The highest BCUT2D eigenvalue weighted by Gasteiger charge is 2.18. The minimum atomic E-state index is -0.940. The molecular weight excluding hydrogens is 290 g/mol. The average Bonchev–Trinajstić information content (AvgIpc) is 2.96. The Morgan fingerprint density at radius 3 is 2.36 bits per heavy atom. The number of carbonyl (C=O) groups is 1. The summed E-state index contributed by atoms with van der Waals surface area (Å²) in [5.41, 5.74) is 0.110. The van der Waals surface area contributed by atoms with Crippen LogP contribution in [0.25, 0.3) is 11.3 Å². The molecule has 1 aromatic heterocycles. The zero-order valence-corrected chi connectivity index (χ0v) is 11.2. The van der Waals surface area contributed by atoms with Crippen LogP contribution in [0.4, 0.5) is 14.6 Å². The van der Waals surface area contributed by atoms with Crippen molar-refractivity contribution in [1.82, 2.24) is 5.16 Å². The molecule has 3 aromatic rings. The molecular formula is C16H10F2N2O2. The van der Waals surface area contributed by atoms with E-state index >= 15 is 0 Å². The van der Waals surface area contributed by atoms with E-state index in [1.54, 1.807) is 0 Å². The summed E-state index contributed by atoms with van der Waals surface area (Å²) in [6.45, 7) is 0. The van der Waals surface area contributed by atoms with Crippen molar-refractivity contribution < 1.29 is 18.1 Å². The molecule has 0 aliphatic rings. The highest BCUT2D eigenvalue weighted by Crippen LogP contribution is 2.22. The second-order valence-corrected chi connectivity index (χ2v) is 4.49. The molecule has 6 heteroatoms. The van der Waals surface area contributed by atoms with Gasteiger partial charge in [0.25, 0.3) is 5.91 Å². The fourth-order valence-electron chi connectivity index (χ4n) is 1.97. The van der Waals surface area contributed by atoms with Gasteiger partial charge in [-0.1, -0.05) is 41.6 Å². The molecule has 4 nitrogen and oxygen atoms in total. The minimum absolute atomic E-state index is 0.0755. The number of amides is 1. The van der Waals surface area contributed by atoms with E-state index in [2.05, 4.69) is 10.5 Å². The lowest BCUT2D eigenvalue weighted by Crippen LogP contribution is -2.15. The zero-order chi connectivity index (χ0) is 15.5. The largest absolute Gasteiger partial charge is 0.354 e. The van der Waals surface area contributed by atoms with Gasteiger partial charge in [0.15, 0.2) is 11.6 Å². The van der Waals surface area contributed by atoms with E-state index in [0.29, 0.717) is 5.76 Å². The second-order valence-electron chi connectivity index (χ2n) is 4.49. The second kappa shape index (κ2) is 5.77. The third-order valence-corrected chi connectivity index (χ3v) is 3.00. The molecule has 1 heterocycles. The van der Waals surface area contributed by atoms with Gasteiger partial charge in [0.05, 0.1) is 0 Å². The summed E-state index contributed by atoms with van der Waals surface area (Å²) < 4.78 is 32.2. The molecule has 3 rings (SSSR count). The molecule has 0 fully saturated rings. The molecule has 0 radical (unpaired) electrons. The minimum Gasteiger partial charge on any atom is -0.354 e. The molecule has 22 heavy (non-hydrogen) atoms. The number of aromatic nitrogens is 1. The highest BCUT2D eigenvalue weighted by atomic mass is 19.1. The predicted molar refractivity (Wildman–Crippen MR) is 76.3 cm³/mol. The maximum Gasteiger partial charge on any atom is 0.262 e. The fraction of sp³-hybridized carbons (Fsp3) is 0. The van der Waals surface area contributed by atoms with Gasteiger partial charge in [-0.15, -0.1) is 0 Å². The van der Waals surface area contributed by atoms with Gasteiger partial charge in [-0.05, 0) is 12.1 Å². The Morgan fingerprint density at radius 2 is 1.68 bits per heavy atom. The van der Waals surface area contributed by atoms with Gasteiger partial charge in [-0.2, -0.15) is 0 Å². The molecule has 0 aliphatic carbocycles. The van der Waals surface area contributed by atoms with Gasteiger partial charge >= 0.3 is 0 Å². The first-order chi connectivity index (χ1) is 10.6. The van der Waals surface area contributed by atoms with Crippen LogP contribution in [0.15, 0.2) is 59.1 Å². The first kappa shape index (κ1) is 13.9. The molecule has 0 aliphatic heterocycles. The highest BCUT2D eigenvalue weighted by molar-refractivity contribution is 6.04. The third-order valence-electron chi connectivity index (χ3n) is 3.00. The number of benzene rings is 2. The van der Waals surface area contributed by atoms with Crippen molar-refractivity contribution in [2.75, 3.05) is 5.32 Å². The van der Waals surface area contributed by atoms with E-state index in [1.807, 2.05) is 30.3 Å². The maximum absolute atomic E-state index is 13.5. The van der Waals surface area contributed by atoms with E-state index in [-0.39, 0.29) is 5.82 Å². The first-order valence-corrected chi connectivity index (χ1v) is 6.42. The van der Waals surface area contributed by atoms with Gasteiger partial charge in [-0.25, -0.2) is 8.78 Å². The van der Waals surface area contributed by atoms with Crippen molar-refractivity contribution in [3.63, 3.8) is 0 Å². The summed E-state index contributed by atoms with van der Waals surface area (Å²) in [4.78, 5) is 11.9. The van der Waals surface area contributed by atoms with Crippen LogP contribution in [0.3, 0.4) is 0 Å². The van der Waals surface area contributed by atoms with Crippen LogP contribution < -0.4 is 5.32 Å². The van der Waals surface area contributed by atoms with Crippen LogP contribution in [0.1, 0.15) is 10.4 Å². The van der Waals surface area contributed by atoms with Crippen LogP contribution >= 0.6 is 0 Å². The van der Waals surface area contributed by atoms with Crippen LogP contribution in [-0.4, -0.2) is 11.1 Å². The molecule has 1 amide bonds. The molecule has 0 bridgehead atoms. The molecule has 110 valence electrons. The van der Waals surface area contributed by atoms with Crippen LogP contribution in [-0.2, 0) is 0 Å². The Morgan fingerprint density at radius 1 is 1.00 bits per heavy atom. The molecule has 0 saturated heterocycles. The van der Waals surface area contributed by atoms with Gasteiger partial charge < -0.3 is 9.84 Å². The van der Waals surface area contributed by atoms with E-state index in [1.165, 1.54) is 12.1 Å². The van der Waals surface area contributed by atoms with Gasteiger partial charge in [0.1, 0.15) is 17.2 Å². The van der Waals surface area contributed by atoms with E-state index in [9.17, 15) is 13.6 Å². The lowest BCUT2D eigenvalue weighted by atomic mass is 10.1. The number of hydrogen-bond acceptors (Lipinski definition) is 3. The summed E-state index contributed by atoms with van der Waals surface area (Å²) in [6, 6.07) is 13.8. The third kappa shape index (κ3) is 2.71. The number of nitrogens with zero attached hydrogens (tertiary/aromatic N) is 1. The topological polar surface area (TPSA) is 55.1 Å². The standard InChI is InChI=1S/C16H10F2N2O2/c17-11-7-4-8-12(18)15(11)16(21)19-14-9-13(22-20-14)10-5-2-1-3-6-10/h1-9H,(H,19,20,21). The fourth-order valence-corrected chi connectivity index (χ4v) is 1.97. The molecule has 2 aromatic carbocycles. The van der Waals surface area contributed by atoms with Crippen molar-refractivity contribution in [1.29, 1.82) is 0 Å². The van der Waals surface area contributed by atoms with Crippen molar-refractivity contribution in [2.24, 2.45) is 0 Å². The number of anilines is 1. The van der Waals surface area contributed by atoms with E-state index < -0.39 is 23.1 Å². The van der Waals surface area contributed by atoms with Gasteiger partial charge in [-0.3, -0.25) is 4.79 Å². The van der Waals surface area contributed by atoms with Gasteiger partial charge in [0.2, 0.25) is 0 Å². The summed E-state index contributed by atoms with van der Waals surface area (Å²) >= 11 is 0. The molecule has 0 saturated carbocycles. The number of hydrogen-bond donors (Lipinski definition) is 1. The summed E-state index contributed by atoms with van der Waals surface area (Å²) in [5, 5.41) is 5.97. The van der Waals surface area contributed by atoms with E-state index in [4.69, 9.17) is 4.52 Å². The number of nitrogens with one attached hydrogen (secondary N) is 1. The van der Waals surface area contributed by atoms with Crippen molar-refractivity contribution in [3.8, 4) is 11.3 Å². The van der Waals surface area contributed by atoms with E-state index in [0.717, 1.165) is 17.7 Å². The summed E-state index contributed by atoms with van der Waals surface area (Å²) in [7, 11) is 0. The molecule has 1 N–H and O–H groups in total. The Bertz CT molecular complexity index is 796. The normalized spacial score (nSPS) is 10.5. The van der Waals surface area contributed by atoms with Crippen LogP contribution in [0.5, 0.6) is 0 Å². The van der Waals surface area contributed by atoms with Crippen molar-refractivity contribution in [3.05, 3.63) is 71.8 Å². The molecule has 0 unspecified atom stereocenters. The van der Waals surface area contributed by atoms with Crippen LogP contribution in [0.2, 0.25) is 0 Å². The average molecular weight is 300 g/mol. The molecule has 0 spiro atoms.